The molecule has 0 aliphatic carbocycles. The van der Waals surface area contributed by atoms with Gasteiger partial charge in [0.15, 0.2) is 0 Å². The number of carbonyl (C=O) groups excluding carboxylic acids is 1. The summed E-state index contributed by atoms with van der Waals surface area (Å²) < 4.78 is 105. The Kier molecular flexibility index (Phi) is 7.09. The van der Waals surface area contributed by atoms with Crippen molar-refractivity contribution in [3.63, 3.8) is 0 Å². The number of hydrogen-bond donors (Lipinski definition) is 2. The molecule has 0 fully saturated rings. The number of amides is 1. The number of rotatable bonds is 5. The summed E-state index contributed by atoms with van der Waals surface area (Å²) in [5.74, 6) is -0.893. The first-order valence-corrected chi connectivity index (χ1v) is 11.4. The second-order valence-electron chi connectivity index (χ2n) is 7.31. The number of hydrogen-bond acceptors (Lipinski definition) is 3. The van der Waals surface area contributed by atoms with Crippen molar-refractivity contribution in [3.8, 4) is 0 Å². The highest BCUT2D eigenvalue weighted by Crippen LogP contribution is 2.35. The Bertz CT molecular complexity index is 1390. The second kappa shape index (κ2) is 9.42. The zero-order chi connectivity index (χ0) is 26.2. The van der Waals surface area contributed by atoms with E-state index in [-0.39, 0.29) is 16.3 Å². The van der Waals surface area contributed by atoms with Gasteiger partial charge in [-0.3, -0.25) is 9.52 Å². The Morgan fingerprint density at radius 3 is 2.11 bits per heavy atom. The summed E-state index contributed by atoms with van der Waals surface area (Å²) in [6.07, 6.45) is -9.38. The molecule has 0 saturated heterocycles. The van der Waals surface area contributed by atoms with Crippen LogP contribution >= 0.6 is 11.6 Å². The fourth-order valence-electron chi connectivity index (χ4n) is 2.97. The summed E-state index contributed by atoms with van der Waals surface area (Å²) in [7, 11) is -4.50. The van der Waals surface area contributed by atoms with E-state index in [9.17, 15) is 39.6 Å². The van der Waals surface area contributed by atoms with E-state index in [0.717, 1.165) is 30.3 Å². The van der Waals surface area contributed by atoms with Crippen LogP contribution in [0.1, 0.15) is 27.0 Å². The predicted octanol–water partition coefficient (Wildman–Crippen LogP) is 6.74. The highest BCUT2D eigenvalue weighted by atomic mass is 35.5. The van der Waals surface area contributed by atoms with Gasteiger partial charge in [0, 0.05) is 11.3 Å². The first-order valence-electron chi connectivity index (χ1n) is 9.57. The molecule has 35 heavy (non-hydrogen) atoms. The second-order valence-corrected chi connectivity index (χ2v) is 9.40. The maximum Gasteiger partial charge on any atom is 0.416 e. The minimum absolute atomic E-state index is 0.175. The number of halogens is 7. The maximum atomic E-state index is 13.0. The molecular formula is C22H15ClF6N2O3S. The highest BCUT2D eigenvalue weighted by Gasteiger charge is 2.32. The minimum Gasteiger partial charge on any atom is -0.322 e. The monoisotopic (exact) mass is 536 g/mol. The fourth-order valence-corrected chi connectivity index (χ4v) is 4.29. The van der Waals surface area contributed by atoms with Crippen LogP contribution in [0.15, 0.2) is 65.6 Å². The SMILES string of the molecule is Cc1ccc(S(=O)(=O)Nc2cc(C(F)(F)F)ccc2Cl)cc1C(=O)Nc1cccc(C(F)(F)F)c1. The predicted molar refractivity (Wildman–Crippen MR) is 118 cm³/mol. The van der Waals surface area contributed by atoms with Gasteiger partial charge in [-0.2, -0.15) is 26.3 Å². The van der Waals surface area contributed by atoms with Crippen molar-refractivity contribution in [2.45, 2.75) is 24.2 Å². The standard InChI is InChI=1S/C22H15ClF6N2O3S/c1-12-5-7-16(35(33,34)31-19-10-14(22(27,28)29)6-8-18(19)23)11-17(12)20(32)30-15-4-2-3-13(9-15)21(24,25)26/h2-11,31H,1H3,(H,30,32). The molecule has 2 N–H and O–H groups in total. The molecule has 0 aliphatic heterocycles. The van der Waals surface area contributed by atoms with Crippen LogP contribution in [0.4, 0.5) is 37.7 Å². The number of benzene rings is 3. The van der Waals surface area contributed by atoms with Crippen LogP contribution in [0, 0.1) is 6.92 Å². The van der Waals surface area contributed by atoms with E-state index in [1.165, 1.54) is 19.1 Å². The van der Waals surface area contributed by atoms with Crippen molar-refractivity contribution in [2.75, 3.05) is 10.0 Å². The fraction of sp³-hybridized carbons (Fsp3) is 0.136. The quantitative estimate of drug-likeness (QED) is 0.355. The van der Waals surface area contributed by atoms with Gasteiger partial charge < -0.3 is 5.32 Å². The lowest BCUT2D eigenvalue weighted by Gasteiger charge is -2.14. The topological polar surface area (TPSA) is 75.3 Å². The normalized spacial score (nSPS) is 12.3. The van der Waals surface area contributed by atoms with E-state index in [4.69, 9.17) is 11.6 Å². The number of carbonyl (C=O) groups is 1. The molecular weight excluding hydrogens is 522 g/mol. The summed E-state index contributed by atoms with van der Waals surface area (Å²) in [6, 6.07) is 9.26. The molecule has 0 aromatic heterocycles. The third kappa shape index (κ3) is 6.25. The Labute approximate surface area is 200 Å². The van der Waals surface area contributed by atoms with Gasteiger partial charge in [-0.25, -0.2) is 8.42 Å². The molecule has 0 radical (unpaired) electrons. The molecule has 186 valence electrons. The Hall–Kier alpha value is -3.25. The highest BCUT2D eigenvalue weighted by molar-refractivity contribution is 7.92. The van der Waals surface area contributed by atoms with Gasteiger partial charge in [0.25, 0.3) is 15.9 Å². The van der Waals surface area contributed by atoms with E-state index >= 15 is 0 Å². The molecule has 0 unspecified atom stereocenters. The minimum atomic E-state index is -4.75. The molecule has 3 aromatic carbocycles. The molecule has 0 saturated carbocycles. The van der Waals surface area contributed by atoms with E-state index in [1.807, 2.05) is 4.72 Å². The van der Waals surface area contributed by atoms with Crippen LogP contribution in [-0.4, -0.2) is 14.3 Å². The van der Waals surface area contributed by atoms with Crippen LogP contribution in [0.3, 0.4) is 0 Å². The van der Waals surface area contributed by atoms with Crippen LogP contribution < -0.4 is 10.0 Å². The smallest absolute Gasteiger partial charge is 0.322 e. The molecule has 0 heterocycles. The lowest BCUT2D eigenvalue weighted by Crippen LogP contribution is -2.18. The lowest BCUT2D eigenvalue weighted by molar-refractivity contribution is -0.138. The molecule has 13 heteroatoms. The summed E-state index contributed by atoms with van der Waals surface area (Å²) in [4.78, 5) is 12.2. The number of nitrogens with one attached hydrogen (secondary N) is 2. The summed E-state index contributed by atoms with van der Waals surface area (Å²) in [6.45, 7) is 1.47. The molecule has 0 atom stereocenters. The molecule has 3 rings (SSSR count). The largest absolute Gasteiger partial charge is 0.416 e. The van der Waals surface area contributed by atoms with Crippen molar-refractivity contribution in [3.05, 3.63) is 87.9 Å². The van der Waals surface area contributed by atoms with Crippen molar-refractivity contribution in [2.24, 2.45) is 0 Å². The molecule has 3 aromatic rings. The van der Waals surface area contributed by atoms with Crippen molar-refractivity contribution >= 4 is 38.9 Å². The molecule has 5 nitrogen and oxygen atoms in total. The first kappa shape index (κ1) is 26.4. The van der Waals surface area contributed by atoms with Gasteiger partial charge in [0.2, 0.25) is 0 Å². The lowest BCUT2D eigenvalue weighted by atomic mass is 10.1. The Morgan fingerprint density at radius 1 is 0.857 bits per heavy atom. The Balaban J connectivity index is 1.91. The van der Waals surface area contributed by atoms with Crippen molar-refractivity contribution < 1.29 is 39.6 Å². The summed E-state index contributed by atoms with van der Waals surface area (Å²) in [5, 5.41) is 1.98. The van der Waals surface area contributed by atoms with Gasteiger partial charge in [0.1, 0.15) is 0 Å². The first-order chi connectivity index (χ1) is 16.1. The van der Waals surface area contributed by atoms with Gasteiger partial charge in [-0.05, 0) is 61.0 Å². The average molecular weight is 537 g/mol. The summed E-state index contributed by atoms with van der Waals surface area (Å²) in [5.41, 5.74) is -2.72. The summed E-state index contributed by atoms with van der Waals surface area (Å²) >= 11 is 5.84. The number of alkyl halides is 6. The molecule has 0 bridgehead atoms. The van der Waals surface area contributed by atoms with Crippen molar-refractivity contribution in [1.29, 1.82) is 0 Å². The third-order valence-corrected chi connectivity index (χ3v) is 6.44. The zero-order valence-electron chi connectivity index (χ0n) is 17.6. The van der Waals surface area contributed by atoms with Gasteiger partial charge in [-0.1, -0.05) is 23.7 Å². The maximum absolute atomic E-state index is 13.0. The van der Waals surface area contributed by atoms with E-state index in [0.29, 0.717) is 23.8 Å². The van der Waals surface area contributed by atoms with Gasteiger partial charge >= 0.3 is 12.4 Å². The van der Waals surface area contributed by atoms with E-state index in [2.05, 4.69) is 5.32 Å². The molecule has 1 amide bonds. The number of sulfonamides is 1. The van der Waals surface area contributed by atoms with E-state index < -0.39 is 50.0 Å². The van der Waals surface area contributed by atoms with Crippen LogP contribution in [0.2, 0.25) is 5.02 Å². The third-order valence-electron chi connectivity index (χ3n) is 4.75. The van der Waals surface area contributed by atoms with E-state index in [1.54, 1.807) is 0 Å². The van der Waals surface area contributed by atoms with Crippen LogP contribution in [0.5, 0.6) is 0 Å². The average Bonchev–Trinajstić information content (AvgIpc) is 2.74. The zero-order valence-corrected chi connectivity index (χ0v) is 19.1. The molecule has 0 aliphatic rings. The van der Waals surface area contributed by atoms with Gasteiger partial charge in [0.05, 0.1) is 26.7 Å². The molecule has 0 spiro atoms. The van der Waals surface area contributed by atoms with Gasteiger partial charge in [-0.15, -0.1) is 0 Å². The van der Waals surface area contributed by atoms with Crippen LogP contribution in [0.25, 0.3) is 0 Å². The Morgan fingerprint density at radius 2 is 1.49 bits per heavy atom. The number of anilines is 2. The number of aryl methyl sites for hydroxylation is 1. The van der Waals surface area contributed by atoms with Crippen molar-refractivity contribution in [1.82, 2.24) is 0 Å². The van der Waals surface area contributed by atoms with Crippen LogP contribution in [-0.2, 0) is 22.4 Å².